The Kier molecular flexibility index (Phi) is 6.71. The highest BCUT2D eigenvalue weighted by Gasteiger charge is 2.45. The lowest BCUT2D eigenvalue weighted by molar-refractivity contribution is -0.122. The molecule has 1 aromatic rings. The van der Waals surface area contributed by atoms with Crippen molar-refractivity contribution in [2.24, 2.45) is 11.8 Å². The second-order valence-corrected chi connectivity index (χ2v) is 11.5. The summed E-state index contributed by atoms with van der Waals surface area (Å²) in [7, 11) is -3.66. The number of fused-ring (bicyclic) bond motifs is 1. The van der Waals surface area contributed by atoms with Crippen molar-refractivity contribution < 1.29 is 22.7 Å². The molecule has 0 saturated carbocycles. The summed E-state index contributed by atoms with van der Waals surface area (Å²) < 4.78 is 33.2. The lowest BCUT2D eigenvalue weighted by atomic mass is 9.99. The van der Waals surface area contributed by atoms with E-state index < -0.39 is 10.0 Å². The molecule has 31 heavy (non-hydrogen) atoms. The number of hydrogen-bond acceptors (Lipinski definition) is 6. The molecule has 0 aliphatic carbocycles. The second-order valence-electron chi connectivity index (χ2n) is 8.10. The third-order valence-electron chi connectivity index (χ3n) is 6.02. The van der Waals surface area contributed by atoms with Crippen molar-refractivity contribution in [2.45, 2.75) is 34.8 Å². The molecule has 1 aromatic carbocycles. The van der Waals surface area contributed by atoms with Crippen molar-refractivity contribution in [1.29, 1.82) is 0 Å². The van der Waals surface area contributed by atoms with E-state index in [-0.39, 0.29) is 39.2 Å². The second kappa shape index (κ2) is 9.32. The summed E-state index contributed by atoms with van der Waals surface area (Å²) in [5.74, 6) is -0.219. The monoisotopic (exact) mass is 465 g/mol. The van der Waals surface area contributed by atoms with Gasteiger partial charge in [-0.15, -0.1) is 11.8 Å². The van der Waals surface area contributed by atoms with Gasteiger partial charge in [0.1, 0.15) is 0 Å². The lowest BCUT2D eigenvalue weighted by Gasteiger charge is -2.22. The van der Waals surface area contributed by atoms with Crippen molar-refractivity contribution >= 4 is 39.3 Å². The van der Waals surface area contributed by atoms with E-state index in [0.29, 0.717) is 44.8 Å². The van der Waals surface area contributed by atoms with Crippen LogP contribution in [0, 0.1) is 11.8 Å². The summed E-state index contributed by atoms with van der Waals surface area (Å²) >= 11 is 1.61. The SMILES string of the molecule is C=CC(=O)NC1CC2CN(S(=O)(=O)c3cccc(NC(=O)C4CCOCC4)c3)CC2S1. The van der Waals surface area contributed by atoms with E-state index in [1.165, 1.54) is 16.4 Å². The number of ether oxygens (including phenoxy) is 1. The van der Waals surface area contributed by atoms with E-state index in [2.05, 4.69) is 17.2 Å². The van der Waals surface area contributed by atoms with Crippen molar-refractivity contribution in [1.82, 2.24) is 9.62 Å². The topological polar surface area (TPSA) is 105 Å². The maximum absolute atomic E-state index is 13.2. The Balaban J connectivity index is 1.39. The van der Waals surface area contributed by atoms with Gasteiger partial charge in [0, 0.05) is 43.2 Å². The van der Waals surface area contributed by atoms with Gasteiger partial charge in [-0.3, -0.25) is 9.59 Å². The van der Waals surface area contributed by atoms with Crippen molar-refractivity contribution in [2.75, 3.05) is 31.6 Å². The Morgan fingerprint density at radius 3 is 2.71 bits per heavy atom. The van der Waals surface area contributed by atoms with Crippen LogP contribution in [0.25, 0.3) is 0 Å². The van der Waals surface area contributed by atoms with Crippen LogP contribution in [0.15, 0.2) is 41.8 Å². The van der Waals surface area contributed by atoms with Gasteiger partial charge in [-0.25, -0.2) is 8.42 Å². The van der Waals surface area contributed by atoms with Gasteiger partial charge in [0.25, 0.3) is 0 Å². The molecule has 2 N–H and O–H groups in total. The first-order valence-corrected chi connectivity index (χ1v) is 12.8. The number of anilines is 1. The quantitative estimate of drug-likeness (QED) is 0.621. The smallest absolute Gasteiger partial charge is 0.244 e. The van der Waals surface area contributed by atoms with Crippen molar-refractivity contribution in [3.8, 4) is 0 Å². The highest BCUT2D eigenvalue weighted by molar-refractivity contribution is 8.00. The highest BCUT2D eigenvalue weighted by atomic mass is 32.2. The van der Waals surface area contributed by atoms with E-state index in [1.807, 2.05) is 0 Å². The molecule has 0 aromatic heterocycles. The molecule has 168 valence electrons. The van der Waals surface area contributed by atoms with E-state index in [1.54, 1.807) is 30.0 Å². The summed E-state index contributed by atoms with van der Waals surface area (Å²) in [6, 6.07) is 6.45. The van der Waals surface area contributed by atoms with Crippen LogP contribution in [-0.2, 0) is 24.3 Å². The van der Waals surface area contributed by atoms with Crippen LogP contribution in [-0.4, -0.2) is 61.5 Å². The molecule has 2 amide bonds. The van der Waals surface area contributed by atoms with Crippen LogP contribution in [0.4, 0.5) is 5.69 Å². The number of carbonyl (C=O) groups is 2. The molecule has 0 radical (unpaired) electrons. The minimum absolute atomic E-state index is 0.00548. The first kappa shape index (κ1) is 22.3. The molecular weight excluding hydrogens is 438 g/mol. The van der Waals surface area contributed by atoms with Crippen LogP contribution in [0.2, 0.25) is 0 Å². The third kappa shape index (κ3) is 4.97. The molecule has 3 fully saturated rings. The van der Waals surface area contributed by atoms with Gasteiger partial charge in [-0.1, -0.05) is 12.6 Å². The van der Waals surface area contributed by atoms with E-state index in [4.69, 9.17) is 4.74 Å². The van der Waals surface area contributed by atoms with Gasteiger partial charge in [0.15, 0.2) is 0 Å². The normalized spacial score (nSPS) is 26.9. The molecule has 4 rings (SSSR count). The molecule has 10 heteroatoms. The summed E-state index contributed by atoms with van der Waals surface area (Å²) in [5, 5.41) is 5.89. The largest absolute Gasteiger partial charge is 0.381 e. The maximum atomic E-state index is 13.2. The Bertz CT molecular complexity index is 948. The van der Waals surface area contributed by atoms with Gasteiger partial charge in [-0.05, 0) is 49.5 Å². The summed E-state index contributed by atoms with van der Waals surface area (Å²) in [6.07, 6.45) is 3.33. The zero-order valence-electron chi connectivity index (χ0n) is 17.2. The Labute approximate surface area is 186 Å². The molecule has 0 bridgehead atoms. The first-order valence-electron chi connectivity index (χ1n) is 10.4. The molecule has 3 aliphatic rings. The number of rotatable bonds is 6. The standard InChI is InChI=1S/C21H27N3O5S2/c1-2-19(25)23-20-10-15-12-24(13-18(15)30-20)31(27,28)17-5-3-4-16(11-17)22-21(26)14-6-8-29-9-7-14/h2-5,11,14-15,18,20H,1,6-10,12-13H2,(H,22,26)(H,23,25). The number of nitrogens with one attached hydrogen (secondary N) is 2. The predicted octanol–water partition coefficient (Wildman–Crippen LogP) is 1.81. The van der Waals surface area contributed by atoms with Gasteiger partial charge in [-0.2, -0.15) is 4.31 Å². The van der Waals surface area contributed by atoms with Gasteiger partial charge < -0.3 is 15.4 Å². The third-order valence-corrected chi connectivity index (χ3v) is 9.37. The molecule has 8 nitrogen and oxygen atoms in total. The zero-order chi connectivity index (χ0) is 22.0. The number of amides is 2. The molecule has 3 unspecified atom stereocenters. The number of nitrogens with zero attached hydrogens (tertiary/aromatic N) is 1. The van der Waals surface area contributed by atoms with E-state index in [0.717, 1.165) is 6.42 Å². The van der Waals surface area contributed by atoms with E-state index >= 15 is 0 Å². The van der Waals surface area contributed by atoms with Gasteiger partial charge in [0.2, 0.25) is 21.8 Å². The van der Waals surface area contributed by atoms with Crippen LogP contribution in [0.1, 0.15) is 19.3 Å². The fourth-order valence-corrected chi connectivity index (χ4v) is 7.63. The summed E-state index contributed by atoms with van der Waals surface area (Å²) in [5.41, 5.74) is 0.485. The average Bonchev–Trinajstić information content (AvgIpc) is 3.33. The number of sulfonamides is 1. The molecule has 3 saturated heterocycles. The fourth-order valence-electron chi connectivity index (χ4n) is 4.32. The van der Waals surface area contributed by atoms with Crippen molar-refractivity contribution in [3.63, 3.8) is 0 Å². The molecule has 3 atom stereocenters. The minimum atomic E-state index is -3.66. The van der Waals surface area contributed by atoms with Gasteiger partial charge >= 0.3 is 0 Å². The minimum Gasteiger partial charge on any atom is -0.381 e. The number of benzene rings is 1. The zero-order valence-corrected chi connectivity index (χ0v) is 18.8. The summed E-state index contributed by atoms with van der Waals surface area (Å²) in [6.45, 7) is 5.45. The Morgan fingerprint density at radius 2 is 2.00 bits per heavy atom. The Morgan fingerprint density at radius 1 is 1.23 bits per heavy atom. The number of thioether (sulfide) groups is 1. The van der Waals surface area contributed by atoms with Gasteiger partial charge in [0.05, 0.1) is 10.3 Å². The number of hydrogen-bond donors (Lipinski definition) is 2. The Hall–Kier alpha value is -1.88. The molecular formula is C21H27N3O5S2. The van der Waals surface area contributed by atoms with Crippen LogP contribution in [0.3, 0.4) is 0 Å². The number of carbonyl (C=O) groups excluding carboxylic acids is 2. The van der Waals surface area contributed by atoms with Crippen LogP contribution in [0.5, 0.6) is 0 Å². The highest BCUT2D eigenvalue weighted by Crippen LogP contribution is 2.43. The fraction of sp³-hybridized carbons (Fsp3) is 0.524. The molecule has 3 heterocycles. The predicted molar refractivity (Wildman–Crippen MR) is 119 cm³/mol. The van der Waals surface area contributed by atoms with Crippen LogP contribution < -0.4 is 10.6 Å². The first-order chi connectivity index (χ1) is 14.9. The van der Waals surface area contributed by atoms with Crippen LogP contribution >= 0.6 is 11.8 Å². The van der Waals surface area contributed by atoms with Crippen molar-refractivity contribution in [3.05, 3.63) is 36.9 Å². The maximum Gasteiger partial charge on any atom is 0.244 e. The summed E-state index contributed by atoms with van der Waals surface area (Å²) in [4.78, 5) is 24.2. The molecule has 3 aliphatic heterocycles. The average molecular weight is 466 g/mol. The lowest BCUT2D eigenvalue weighted by Crippen LogP contribution is -2.33. The van der Waals surface area contributed by atoms with E-state index in [9.17, 15) is 18.0 Å². The molecule has 0 spiro atoms.